The van der Waals surface area contributed by atoms with E-state index in [1.54, 1.807) is 0 Å². The molecule has 0 radical (unpaired) electrons. The lowest BCUT2D eigenvalue weighted by atomic mass is 9.60. The molecular formula is C22H31ClF4N2O5. The minimum Gasteiger partial charge on any atom is -0.391 e. The number of nitrogens with one attached hydrogen (secondary N) is 2. The highest BCUT2D eigenvalue weighted by Gasteiger charge is 2.56. The van der Waals surface area contributed by atoms with Crippen molar-refractivity contribution in [3.8, 4) is 0 Å². The third kappa shape index (κ3) is 5.47. The van der Waals surface area contributed by atoms with Crippen molar-refractivity contribution in [3.63, 3.8) is 0 Å². The van der Waals surface area contributed by atoms with E-state index in [0.717, 1.165) is 0 Å². The number of halogens is 5. The third-order valence-corrected chi connectivity index (χ3v) is 8.36. The van der Waals surface area contributed by atoms with Crippen molar-refractivity contribution in [1.29, 1.82) is 0 Å². The quantitative estimate of drug-likeness (QED) is 0.374. The number of aliphatic hydroxyl groups excluding tert-OH is 1. The smallest absolute Gasteiger partial charge is 0.391 e. The molecule has 4 saturated carbocycles. The summed E-state index contributed by atoms with van der Waals surface area (Å²) in [7, 11) is 0. The number of ether oxygens (including phenoxy) is 2. The number of alkyl halides is 5. The lowest BCUT2D eigenvalue weighted by Gasteiger charge is -2.56. The van der Waals surface area contributed by atoms with Crippen LogP contribution in [0.5, 0.6) is 0 Å². The summed E-state index contributed by atoms with van der Waals surface area (Å²) in [6.07, 6.45) is -7.23. The van der Waals surface area contributed by atoms with Crippen LogP contribution in [0.15, 0.2) is 0 Å². The Balaban J connectivity index is 1.26. The van der Waals surface area contributed by atoms with Crippen LogP contribution in [0.4, 0.5) is 17.6 Å². The minimum atomic E-state index is -4.50. The zero-order valence-electron chi connectivity index (χ0n) is 18.7. The van der Waals surface area contributed by atoms with Gasteiger partial charge in [0.15, 0.2) is 6.10 Å². The van der Waals surface area contributed by atoms with Crippen molar-refractivity contribution >= 4 is 23.4 Å². The van der Waals surface area contributed by atoms with E-state index in [2.05, 4.69) is 10.6 Å². The number of carbonyl (C=O) groups excluding carboxylic acids is 2. The number of aliphatic hydroxyl groups is 1. The number of amides is 2. The normalized spacial score (nSPS) is 42.4. The highest BCUT2D eigenvalue weighted by Crippen LogP contribution is 2.47. The molecule has 5 fully saturated rings. The molecule has 6 unspecified atom stereocenters. The summed E-state index contributed by atoms with van der Waals surface area (Å²) >= 11 is 5.87. The van der Waals surface area contributed by atoms with Crippen LogP contribution < -0.4 is 10.6 Å². The summed E-state index contributed by atoms with van der Waals surface area (Å²) < 4.78 is 62.8. The molecule has 12 heteroatoms. The van der Waals surface area contributed by atoms with Crippen LogP contribution in [0.2, 0.25) is 0 Å². The molecule has 1 heterocycles. The number of hydrogen-bond acceptors (Lipinski definition) is 5. The lowest BCUT2D eigenvalue weighted by molar-refractivity contribution is -0.214. The van der Waals surface area contributed by atoms with Gasteiger partial charge in [0.1, 0.15) is 18.9 Å². The van der Waals surface area contributed by atoms with Crippen LogP contribution in [0.3, 0.4) is 0 Å². The molecule has 5 rings (SSSR count). The Bertz CT molecular complexity index is 777. The third-order valence-electron chi connectivity index (χ3n) is 7.87. The molecule has 1 saturated heterocycles. The fourth-order valence-electron chi connectivity index (χ4n) is 5.78. The molecule has 0 aromatic heterocycles. The van der Waals surface area contributed by atoms with Crippen LogP contribution >= 0.6 is 11.6 Å². The summed E-state index contributed by atoms with van der Waals surface area (Å²) in [5.74, 6) is -0.998. The van der Waals surface area contributed by atoms with Crippen LogP contribution in [0, 0.1) is 0 Å². The van der Waals surface area contributed by atoms with Gasteiger partial charge in [-0.2, -0.15) is 13.2 Å². The Morgan fingerprint density at radius 1 is 1.09 bits per heavy atom. The molecule has 1 aliphatic heterocycles. The van der Waals surface area contributed by atoms with E-state index in [0.29, 0.717) is 38.5 Å². The molecule has 194 valence electrons. The Morgan fingerprint density at radius 2 is 1.79 bits per heavy atom. The maximum Gasteiger partial charge on any atom is 0.414 e. The molecule has 5 aliphatic rings. The van der Waals surface area contributed by atoms with Gasteiger partial charge in [0, 0.05) is 12.0 Å². The molecule has 34 heavy (non-hydrogen) atoms. The Hall–Kier alpha value is -1.17. The van der Waals surface area contributed by atoms with Gasteiger partial charge in [0.2, 0.25) is 11.8 Å². The summed E-state index contributed by atoms with van der Waals surface area (Å²) in [6, 6.07) is 0. The predicted molar refractivity (Wildman–Crippen MR) is 113 cm³/mol. The molecule has 3 N–H and O–H groups in total. The van der Waals surface area contributed by atoms with Gasteiger partial charge >= 0.3 is 6.18 Å². The highest BCUT2D eigenvalue weighted by molar-refractivity contribution is 6.21. The zero-order chi connectivity index (χ0) is 24.7. The van der Waals surface area contributed by atoms with E-state index in [-0.39, 0.29) is 38.4 Å². The largest absolute Gasteiger partial charge is 0.414 e. The van der Waals surface area contributed by atoms with Gasteiger partial charge in [-0.3, -0.25) is 9.59 Å². The van der Waals surface area contributed by atoms with Crippen molar-refractivity contribution in [2.45, 2.75) is 117 Å². The maximum atomic E-state index is 13.8. The van der Waals surface area contributed by atoms with Gasteiger partial charge in [-0.05, 0) is 57.8 Å². The van der Waals surface area contributed by atoms with E-state index in [4.69, 9.17) is 21.1 Å². The summed E-state index contributed by atoms with van der Waals surface area (Å²) in [5.41, 5.74) is -1.59. The van der Waals surface area contributed by atoms with E-state index < -0.39 is 58.9 Å². The Morgan fingerprint density at radius 3 is 2.38 bits per heavy atom. The van der Waals surface area contributed by atoms with Gasteiger partial charge in [0.05, 0.1) is 23.1 Å². The van der Waals surface area contributed by atoms with Crippen LogP contribution in [0.25, 0.3) is 0 Å². The fourth-order valence-corrected chi connectivity index (χ4v) is 6.00. The molecule has 4 aliphatic carbocycles. The van der Waals surface area contributed by atoms with Gasteiger partial charge in [-0.1, -0.05) is 0 Å². The Kier molecular flexibility index (Phi) is 7.40. The van der Waals surface area contributed by atoms with Gasteiger partial charge in [0.25, 0.3) is 0 Å². The second-order valence-electron chi connectivity index (χ2n) is 10.2. The van der Waals surface area contributed by atoms with Crippen molar-refractivity contribution in [3.05, 3.63) is 0 Å². The SMILES string of the molecule is O=C(COC1CCC(Cl)C(F)C1)NC12CCC(NC(=O)C3CCC(C(F)(F)F)O3)(CC1)CC2O. The van der Waals surface area contributed by atoms with Crippen LogP contribution in [-0.2, 0) is 19.1 Å². The molecule has 2 bridgehead atoms. The fraction of sp³-hybridized carbons (Fsp3) is 0.909. The van der Waals surface area contributed by atoms with Gasteiger partial charge < -0.3 is 25.2 Å². The van der Waals surface area contributed by atoms with Crippen molar-refractivity contribution in [2.75, 3.05) is 6.61 Å². The topological polar surface area (TPSA) is 96.9 Å². The van der Waals surface area contributed by atoms with Crippen LogP contribution in [0.1, 0.15) is 64.2 Å². The standard InChI is InChI=1S/C22H31ClF4N2O5/c23-13-2-1-12(9-14(13)24)33-11-18(31)28-21-7-5-20(6-8-21,10-16(21)30)29-19(32)15-3-4-17(34-15)22(25,26)27/h12-17,30H,1-11H2,(H,28,31)(H,29,32). The van der Waals surface area contributed by atoms with Crippen LogP contribution in [-0.4, -0.2) is 76.7 Å². The first kappa shape index (κ1) is 25.9. The second-order valence-corrected chi connectivity index (χ2v) is 10.8. The lowest BCUT2D eigenvalue weighted by Crippen LogP contribution is -2.70. The summed E-state index contributed by atoms with van der Waals surface area (Å²) in [6.45, 7) is -0.250. The summed E-state index contributed by atoms with van der Waals surface area (Å²) in [4.78, 5) is 25.1. The van der Waals surface area contributed by atoms with Crippen molar-refractivity contribution in [1.82, 2.24) is 10.6 Å². The van der Waals surface area contributed by atoms with Crippen molar-refractivity contribution in [2.24, 2.45) is 0 Å². The number of fused-ring (bicyclic) bond motifs is 3. The summed E-state index contributed by atoms with van der Waals surface area (Å²) in [5, 5.41) is 16.0. The van der Waals surface area contributed by atoms with E-state index in [1.165, 1.54) is 0 Å². The molecule has 7 nitrogen and oxygen atoms in total. The second kappa shape index (κ2) is 9.71. The Labute approximate surface area is 200 Å². The first-order chi connectivity index (χ1) is 15.9. The minimum absolute atomic E-state index is 0.00959. The number of rotatable bonds is 6. The zero-order valence-corrected chi connectivity index (χ0v) is 19.5. The molecular weight excluding hydrogens is 484 g/mol. The van der Waals surface area contributed by atoms with Gasteiger partial charge in [-0.15, -0.1) is 11.6 Å². The molecule has 0 aromatic carbocycles. The monoisotopic (exact) mass is 514 g/mol. The van der Waals surface area contributed by atoms with Gasteiger partial charge in [-0.25, -0.2) is 4.39 Å². The first-order valence-electron chi connectivity index (χ1n) is 11.8. The predicted octanol–water partition coefficient (Wildman–Crippen LogP) is 2.66. The molecule has 0 aromatic rings. The number of carbonyl (C=O) groups is 2. The van der Waals surface area contributed by atoms with E-state index >= 15 is 0 Å². The van der Waals surface area contributed by atoms with E-state index in [9.17, 15) is 32.3 Å². The first-order valence-corrected chi connectivity index (χ1v) is 12.3. The van der Waals surface area contributed by atoms with Crippen molar-refractivity contribution < 1.29 is 41.7 Å². The highest BCUT2D eigenvalue weighted by atomic mass is 35.5. The average molecular weight is 515 g/mol. The molecule has 2 amide bonds. The average Bonchev–Trinajstić information content (AvgIpc) is 3.27. The maximum absolute atomic E-state index is 13.8. The molecule has 0 spiro atoms. The van der Waals surface area contributed by atoms with E-state index in [1.807, 2.05) is 0 Å². The number of hydrogen-bond donors (Lipinski definition) is 3. The molecule has 6 atom stereocenters.